The lowest BCUT2D eigenvalue weighted by molar-refractivity contribution is -0.151. The normalized spacial score (nSPS) is 24.4. The highest BCUT2D eigenvalue weighted by molar-refractivity contribution is 5.95. The number of amides is 4. The molecule has 2 saturated carbocycles. The number of rotatable bonds is 11. The highest BCUT2D eigenvalue weighted by atomic mass is 16.5. The van der Waals surface area contributed by atoms with E-state index in [1.54, 1.807) is 26.9 Å². The summed E-state index contributed by atoms with van der Waals surface area (Å²) < 4.78 is 7.67. The van der Waals surface area contributed by atoms with Crippen molar-refractivity contribution in [3.63, 3.8) is 0 Å². The van der Waals surface area contributed by atoms with Crippen molar-refractivity contribution in [3.05, 3.63) is 53.9 Å². The van der Waals surface area contributed by atoms with Gasteiger partial charge in [-0.1, -0.05) is 77.3 Å². The molecular weight excluding hydrogens is 632 g/mol. The van der Waals surface area contributed by atoms with Crippen LogP contribution in [0.1, 0.15) is 83.6 Å². The quantitative estimate of drug-likeness (QED) is 0.278. The minimum atomic E-state index is -0.419. The smallest absolute Gasteiger partial charge is 0.257 e. The third kappa shape index (κ3) is 8.41. The molecule has 0 radical (unpaired) electrons. The van der Waals surface area contributed by atoms with Gasteiger partial charge in [-0.2, -0.15) is 5.10 Å². The summed E-state index contributed by atoms with van der Waals surface area (Å²) in [6.07, 6.45) is 11.6. The van der Waals surface area contributed by atoms with Gasteiger partial charge in [0.1, 0.15) is 0 Å². The van der Waals surface area contributed by atoms with Crippen LogP contribution in [0.5, 0.6) is 0 Å². The maximum Gasteiger partial charge on any atom is 0.257 e. The Labute approximate surface area is 298 Å². The highest BCUT2D eigenvalue weighted by Gasteiger charge is 2.61. The van der Waals surface area contributed by atoms with Crippen molar-refractivity contribution < 1.29 is 25.3 Å². The SMILES string of the molecule is CC1(C)CN(C=O)C1.CC1(C)C[C@@H]1C(=O)N1CC2(CN(C(=O)c3cnn(Cc4ccccc4)c3)C[C@H]2C(=O)NCCOCC2CCCCC2)C1.[HH]. The van der Waals surface area contributed by atoms with Crippen LogP contribution in [0.4, 0.5) is 0 Å². The van der Waals surface area contributed by atoms with Crippen molar-refractivity contribution in [2.24, 2.45) is 34.0 Å². The van der Waals surface area contributed by atoms with Crippen LogP contribution in [0.3, 0.4) is 0 Å². The first-order valence-electron chi connectivity index (χ1n) is 18.6. The van der Waals surface area contributed by atoms with E-state index in [9.17, 15) is 19.2 Å². The molecule has 11 nitrogen and oxygen atoms in total. The number of benzene rings is 1. The maximum absolute atomic E-state index is 13.6. The van der Waals surface area contributed by atoms with E-state index in [1.807, 2.05) is 35.2 Å². The van der Waals surface area contributed by atoms with E-state index in [0.29, 0.717) is 62.8 Å². The molecule has 11 heteroatoms. The summed E-state index contributed by atoms with van der Waals surface area (Å²) >= 11 is 0. The van der Waals surface area contributed by atoms with Gasteiger partial charge in [-0.05, 0) is 41.6 Å². The number of aromatic nitrogens is 2. The first kappa shape index (κ1) is 36.1. The van der Waals surface area contributed by atoms with Gasteiger partial charge in [0.2, 0.25) is 18.2 Å². The summed E-state index contributed by atoms with van der Waals surface area (Å²) in [7, 11) is 0. The van der Waals surface area contributed by atoms with Gasteiger partial charge in [0.25, 0.3) is 5.91 Å². The molecule has 274 valence electrons. The fourth-order valence-corrected chi connectivity index (χ4v) is 8.40. The zero-order chi connectivity index (χ0) is 35.5. The third-order valence-corrected chi connectivity index (χ3v) is 11.5. The summed E-state index contributed by atoms with van der Waals surface area (Å²) in [6.45, 7) is 14.6. The molecule has 2 aromatic rings. The molecule has 0 unspecified atom stereocenters. The Morgan fingerprint density at radius 2 is 1.64 bits per heavy atom. The molecule has 4 heterocycles. The van der Waals surface area contributed by atoms with Gasteiger partial charge in [-0.3, -0.25) is 23.9 Å². The van der Waals surface area contributed by atoms with Gasteiger partial charge in [-0.25, -0.2) is 0 Å². The van der Waals surface area contributed by atoms with Crippen LogP contribution < -0.4 is 5.32 Å². The predicted molar refractivity (Wildman–Crippen MR) is 192 cm³/mol. The van der Waals surface area contributed by atoms with Crippen LogP contribution in [-0.4, -0.2) is 108 Å². The predicted octanol–water partition coefficient (Wildman–Crippen LogP) is 4.32. The van der Waals surface area contributed by atoms with Crippen molar-refractivity contribution in [1.29, 1.82) is 0 Å². The number of carbonyl (C=O) groups excluding carboxylic acids is 4. The number of likely N-dealkylation sites (tertiary alicyclic amines) is 3. The van der Waals surface area contributed by atoms with Gasteiger partial charge in [0, 0.05) is 71.4 Å². The number of ether oxygens (including phenoxy) is 1. The first-order valence-corrected chi connectivity index (χ1v) is 18.6. The fraction of sp³-hybridized carbons (Fsp3) is 0.667. The van der Waals surface area contributed by atoms with Gasteiger partial charge in [0.15, 0.2) is 0 Å². The van der Waals surface area contributed by atoms with E-state index in [0.717, 1.165) is 38.1 Å². The second-order valence-electron chi connectivity index (χ2n) is 17.0. The Kier molecular flexibility index (Phi) is 10.7. The molecule has 5 aliphatic rings. The van der Waals surface area contributed by atoms with E-state index in [1.165, 1.54) is 32.1 Å². The van der Waals surface area contributed by atoms with Gasteiger partial charge < -0.3 is 24.8 Å². The average Bonchev–Trinajstić information content (AvgIpc) is 3.38. The minimum absolute atomic E-state index is 0. The molecular formula is C39H58N6O5. The average molecular weight is 691 g/mol. The third-order valence-electron chi connectivity index (χ3n) is 11.5. The summed E-state index contributed by atoms with van der Waals surface area (Å²) in [5, 5.41) is 7.51. The topological polar surface area (TPSA) is 117 Å². The van der Waals surface area contributed by atoms with Crippen LogP contribution in [-0.2, 0) is 25.7 Å². The summed E-state index contributed by atoms with van der Waals surface area (Å²) in [5.74, 6) is 0.360. The molecule has 5 fully saturated rings. The molecule has 3 saturated heterocycles. The number of hydrogen-bond donors (Lipinski definition) is 1. The molecule has 4 amide bonds. The lowest BCUT2D eigenvalue weighted by Gasteiger charge is -2.50. The minimum Gasteiger partial charge on any atom is -0.379 e. The Morgan fingerprint density at radius 3 is 2.26 bits per heavy atom. The number of hydrogen-bond acceptors (Lipinski definition) is 6. The molecule has 7 rings (SSSR count). The Hall–Kier alpha value is -3.73. The molecule has 0 bridgehead atoms. The Morgan fingerprint density at radius 1 is 0.960 bits per heavy atom. The molecule has 1 aromatic heterocycles. The van der Waals surface area contributed by atoms with Crippen LogP contribution in [0.25, 0.3) is 0 Å². The van der Waals surface area contributed by atoms with Crippen LogP contribution >= 0.6 is 0 Å². The van der Waals surface area contributed by atoms with Crippen molar-refractivity contribution in [3.8, 4) is 0 Å². The monoisotopic (exact) mass is 690 g/mol. The van der Waals surface area contributed by atoms with E-state index in [4.69, 9.17) is 4.74 Å². The summed E-state index contributed by atoms with van der Waals surface area (Å²) in [5.41, 5.74) is 1.66. The van der Waals surface area contributed by atoms with E-state index < -0.39 is 5.41 Å². The number of nitrogens with zero attached hydrogens (tertiary/aromatic N) is 5. The second kappa shape index (κ2) is 14.9. The van der Waals surface area contributed by atoms with Crippen molar-refractivity contribution in [1.82, 2.24) is 29.8 Å². The molecule has 3 aliphatic heterocycles. The van der Waals surface area contributed by atoms with Gasteiger partial charge in [-0.15, -0.1) is 0 Å². The van der Waals surface area contributed by atoms with Crippen LogP contribution in [0.15, 0.2) is 42.7 Å². The number of nitrogens with one attached hydrogen (secondary N) is 1. The first-order chi connectivity index (χ1) is 23.9. The summed E-state index contributed by atoms with van der Waals surface area (Å²) in [4.78, 5) is 55.7. The molecule has 2 atom stereocenters. The van der Waals surface area contributed by atoms with Crippen LogP contribution in [0.2, 0.25) is 0 Å². The van der Waals surface area contributed by atoms with Gasteiger partial charge in [0.05, 0.1) is 30.8 Å². The van der Waals surface area contributed by atoms with E-state index in [-0.39, 0.29) is 36.4 Å². The van der Waals surface area contributed by atoms with E-state index in [2.05, 4.69) is 38.1 Å². The Balaban J connectivity index is 0.000000496. The summed E-state index contributed by atoms with van der Waals surface area (Å²) in [6, 6.07) is 10.0. The van der Waals surface area contributed by atoms with Gasteiger partial charge >= 0.3 is 0 Å². The molecule has 1 N–H and O–H groups in total. The zero-order valence-corrected chi connectivity index (χ0v) is 30.4. The zero-order valence-electron chi connectivity index (χ0n) is 30.4. The molecule has 50 heavy (non-hydrogen) atoms. The van der Waals surface area contributed by atoms with Crippen molar-refractivity contribution in [2.45, 2.75) is 72.8 Å². The highest BCUT2D eigenvalue weighted by Crippen LogP contribution is 2.54. The van der Waals surface area contributed by atoms with Crippen molar-refractivity contribution >= 4 is 24.1 Å². The number of carbonyl (C=O) groups is 4. The second-order valence-corrected chi connectivity index (χ2v) is 17.0. The largest absolute Gasteiger partial charge is 0.379 e. The molecule has 1 aromatic carbocycles. The molecule has 1 spiro atoms. The lowest BCUT2D eigenvalue weighted by Crippen LogP contribution is -2.64. The molecule has 2 aliphatic carbocycles. The maximum atomic E-state index is 13.6. The standard InChI is InChI=1S/C33H45N5O4.C6H11NO.H2/c1-32(2)15-27(32)31(41)37-22-33(23-37)21-36(30(40)26-16-35-38(18-26)17-24-9-5-3-6-10-24)19-28(33)29(39)34-13-14-42-20-25-11-7-4-8-12-25;1-6(2)3-7(4-6)5-8;/h3,5-6,9-10,16,18,25,27-28H,4,7-8,11-15,17,19-23H2,1-2H3,(H,34,39);5H,3-4H2,1-2H3;1H/t27-,28+;;/m1../s1. The fourth-order valence-electron chi connectivity index (χ4n) is 8.40. The van der Waals surface area contributed by atoms with E-state index >= 15 is 0 Å². The van der Waals surface area contributed by atoms with Crippen molar-refractivity contribution in [2.75, 3.05) is 59.0 Å². The van der Waals surface area contributed by atoms with Crippen LogP contribution in [0, 0.1) is 34.0 Å². The lowest BCUT2D eigenvalue weighted by atomic mass is 9.71. The Bertz CT molecular complexity index is 1510.